The van der Waals surface area contributed by atoms with Gasteiger partial charge in [-0.2, -0.15) is 0 Å². The van der Waals surface area contributed by atoms with E-state index < -0.39 is 0 Å². The third kappa shape index (κ3) is 1.19. The Morgan fingerprint density at radius 1 is 1.46 bits per heavy atom. The quantitative estimate of drug-likeness (QED) is 0.666. The van der Waals surface area contributed by atoms with Crippen LogP contribution < -0.4 is 0 Å². The standard InChI is InChI=1S/C9H9ClN2S/c1-5-6(10)3-4-7-8(5)12(2)9(13)11-7/h3-4H,1-2H3,(H,11,13). The van der Waals surface area contributed by atoms with Gasteiger partial charge < -0.3 is 9.55 Å². The summed E-state index contributed by atoms with van der Waals surface area (Å²) in [6.45, 7) is 1.99. The average Bonchev–Trinajstić information content (AvgIpc) is 2.37. The number of hydrogen-bond acceptors (Lipinski definition) is 1. The molecule has 0 aliphatic rings. The van der Waals surface area contributed by atoms with Crippen LogP contribution in [0, 0.1) is 11.7 Å². The van der Waals surface area contributed by atoms with Gasteiger partial charge in [0.2, 0.25) is 0 Å². The number of fused-ring (bicyclic) bond motifs is 1. The van der Waals surface area contributed by atoms with E-state index in [9.17, 15) is 0 Å². The van der Waals surface area contributed by atoms with Gasteiger partial charge in [0, 0.05) is 12.1 Å². The van der Waals surface area contributed by atoms with Crippen molar-refractivity contribution in [2.24, 2.45) is 7.05 Å². The van der Waals surface area contributed by atoms with Crippen molar-refractivity contribution in [1.82, 2.24) is 9.55 Å². The van der Waals surface area contributed by atoms with Crippen molar-refractivity contribution in [2.75, 3.05) is 0 Å². The van der Waals surface area contributed by atoms with Crippen LogP contribution in [0.4, 0.5) is 0 Å². The van der Waals surface area contributed by atoms with Crippen molar-refractivity contribution in [3.8, 4) is 0 Å². The minimum atomic E-state index is 0.723. The smallest absolute Gasteiger partial charge is 0.177 e. The first kappa shape index (κ1) is 8.78. The molecule has 0 radical (unpaired) electrons. The van der Waals surface area contributed by atoms with E-state index in [0.717, 1.165) is 26.4 Å². The lowest BCUT2D eigenvalue weighted by atomic mass is 10.2. The number of nitrogens with zero attached hydrogens (tertiary/aromatic N) is 1. The number of aromatic amines is 1. The van der Waals surface area contributed by atoms with Crippen LogP contribution in [0.15, 0.2) is 12.1 Å². The Bertz CT molecular complexity index is 524. The number of nitrogens with one attached hydrogen (secondary N) is 1. The summed E-state index contributed by atoms with van der Waals surface area (Å²) in [5.41, 5.74) is 3.18. The van der Waals surface area contributed by atoms with Crippen molar-refractivity contribution >= 4 is 34.9 Å². The molecule has 0 atom stereocenters. The first-order chi connectivity index (χ1) is 6.11. The van der Waals surface area contributed by atoms with Crippen molar-refractivity contribution in [2.45, 2.75) is 6.92 Å². The first-order valence-corrected chi connectivity index (χ1v) is 4.73. The van der Waals surface area contributed by atoms with Crippen LogP contribution in [0.1, 0.15) is 5.56 Å². The second kappa shape index (κ2) is 2.86. The Hall–Kier alpha value is -0.800. The summed E-state index contributed by atoms with van der Waals surface area (Å²) < 4.78 is 2.66. The van der Waals surface area contributed by atoms with E-state index in [2.05, 4.69) is 4.98 Å². The topological polar surface area (TPSA) is 20.7 Å². The van der Waals surface area contributed by atoms with Gasteiger partial charge in [0.05, 0.1) is 11.0 Å². The number of rotatable bonds is 0. The second-order valence-electron chi connectivity index (χ2n) is 3.06. The average molecular weight is 213 g/mol. The first-order valence-electron chi connectivity index (χ1n) is 3.95. The second-order valence-corrected chi connectivity index (χ2v) is 3.85. The van der Waals surface area contributed by atoms with Crippen molar-refractivity contribution in [3.63, 3.8) is 0 Å². The highest BCUT2D eigenvalue weighted by Gasteiger charge is 2.06. The van der Waals surface area contributed by atoms with Crippen LogP contribution in [0.5, 0.6) is 0 Å². The largest absolute Gasteiger partial charge is 0.331 e. The maximum Gasteiger partial charge on any atom is 0.177 e. The predicted molar refractivity (Wildman–Crippen MR) is 57.9 cm³/mol. The molecule has 2 aromatic rings. The molecular weight excluding hydrogens is 204 g/mol. The Morgan fingerprint density at radius 3 is 2.85 bits per heavy atom. The van der Waals surface area contributed by atoms with Crippen LogP contribution >= 0.6 is 23.8 Å². The van der Waals surface area contributed by atoms with Gasteiger partial charge >= 0.3 is 0 Å². The van der Waals surface area contributed by atoms with E-state index in [0.29, 0.717) is 0 Å². The maximum absolute atomic E-state index is 6.01. The lowest BCUT2D eigenvalue weighted by Crippen LogP contribution is -1.89. The van der Waals surface area contributed by atoms with Gasteiger partial charge in [-0.3, -0.25) is 0 Å². The monoisotopic (exact) mass is 212 g/mol. The van der Waals surface area contributed by atoms with E-state index in [-0.39, 0.29) is 0 Å². The minimum Gasteiger partial charge on any atom is -0.331 e. The fraction of sp³-hybridized carbons (Fsp3) is 0.222. The molecule has 2 rings (SSSR count). The number of hydrogen-bond donors (Lipinski definition) is 1. The van der Waals surface area contributed by atoms with Gasteiger partial charge in [-0.25, -0.2) is 0 Å². The van der Waals surface area contributed by atoms with Gasteiger partial charge in [0.1, 0.15) is 0 Å². The van der Waals surface area contributed by atoms with Crippen LogP contribution in [0.2, 0.25) is 5.02 Å². The molecule has 1 N–H and O–H groups in total. The van der Waals surface area contributed by atoms with E-state index in [1.807, 2.05) is 30.7 Å². The van der Waals surface area contributed by atoms with Crippen molar-refractivity contribution in [1.29, 1.82) is 0 Å². The molecule has 0 unspecified atom stereocenters. The zero-order valence-electron chi connectivity index (χ0n) is 7.39. The molecule has 4 heteroatoms. The molecule has 0 spiro atoms. The molecule has 68 valence electrons. The third-order valence-corrected chi connectivity index (χ3v) is 3.03. The highest BCUT2D eigenvalue weighted by atomic mass is 35.5. The highest BCUT2D eigenvalue weighted by molar-refractivity contribution is 7.71. The Balaban J connectivity index is 3.05. The number of halogens is 1. The molecule has 0 amide bonds. The lowest BCUT2D eigenvalue weighted by molar-refractivity contribution is 0.923. The molecule has 0 aliphatic carbocycles. The van der Waals surface area contributed by atoms with E-state index >= 15 is 0 Å². The Labute approximate surface area is 86.1 Å². The molecule has 1 aromatic carbocycles. The normalized spacial score (nSPS) is 11.0. The molecule has 1 heterocycles. The van der Waals surface area contributed by atoms with Gasteiger partial charge in [-0.15, -0.1) is 0 Å². The number of aromatic nitrogens is 2. The fourth-order valence-corrected chi connectivity index (χ4v) is 1.86. The fourth-order valence-electron chi connectivity index (χ4n) is 1.51. The number of H-pyrrole nitrogens is 1. The van der Waals surface area contributed by atoms with Crippen molar-refractivity contribution < 1.29 is 0 Å². The van der Waals surface area contributed by atoms with Gasteiger partial charge in [-0.1, -0.05) is 11.6 Å². The minimum absolute atomic E-state index is 0.723. The molecule has 13 heavy (non-hydrogen) atoms. The number of imidazole rings is 1. The summed E-state index contributed by atoms with van der Waals surface area (Å²) in [6.07, 6.45) is 0. The molecule has 2 nitrogen and oxygen atoms in total. The summed E-state index contributed by atoms with van der Waals surface area (Å²) in [5, 5.41) is 0.775. The van der Waals surface area contributed by atoms with Crippen LogP contribution in [-0.4, -0.2) is 9.55 Å². The lowest BCUT2D eigenvalue weighted by Gasteiger charge is -2.01. The van der Waals surface area contributed by atoms with Gasteiger partial charge in [-0.05, 0) is 36.8 Å². The van der Waals surface area contributed by atoms with Gasteiger partial charge in [0.25, 0.3) is 0 Å². The molecule has 0 aliphatic heterocycles. The maximum atomic E-state index is 6.01. The summed E-state index contributed by atoms with van der Waals surface area (Å²) in [6, 6.07) is 3.82. The SMILES string of the molecule is Cc1c(Cl)ccc2[nH]c(=S)n(C)c12. The van der Waals surface area contributed by atoms with Crippen LogP contribution in [0.3, 0.4) is 0 Å². The zero-order valence-corrected chi connectivity index (χ0v) is 8.96. The summed E-state index contributed by atoms with van der Waals surface area (Å²) in [5.74, 6) is 0. The van der Waals surface area contributed by atoms with Gasteiger partial charge in [0.15, 0.2) is 4.77 Å². The molecule has 1 aromatic heterocycles. The zero-order chi connectivity index (χ0) is 9.59. The van der Waals surface area contributed by atoms with Crippen LogP contribution in [-0.2, 0) is 7.05 Å². The predicted octanol–water partition coefficient (Wildman–Crippen LogP) is 3.20. The summed E-state index contributed by atoms with van der Waals surface area (Å²) in [4.78, 5) is 3.11. The van der Waals surface area contributed by atoms with Crippen molar-refractivity contribution in [3.05, 3.63) is 27.5 Å². The van der Waals surface area contributed by atoms with E-state index in [1.54, 1.807) is 0 Å². The molecule has 0 saturated heterocycles. The summed E-state index contributed by atoms with van der Waals surface area (Å²) >= 11 is 11.1. The van der Waals surface area contributed by atoms with Crippen LogP contribution in [0.25, 0.3) is 11.0 Å². The molecule has 0 fully saturated rings. The molecule has 0 bridgehead atoms. The number of aryl methyl sites for hydroxylation is 2. The Kier molecular flexibility index (Phi) is 1.93. The Morgan fingerprint density at radius 2 is 2.15 bits per heavy atom. The molecule has 0 saturated carbocycles. The number of benzene rings is 1. The third-order valence-electron chi connectivity index (χ3n) is 2.25. The summed E-state index contributed by atoms with van der Waals surface area (Å²) in [7, 11) is 1.94. The highest BCUT2D eigenvalue weighted by Crippen LogP contribution is 2.24. The molecular formula is C9H9ClN2S. The van der Waals surface area contributed by atoms with E-state index in [4.69, 9.17) is 23.8 Å². The van der Waals surface area contributed by atoms with E-state index in [1.165, 1.54) is 0 Å².